The predicted octanol–water partition coefficient (Wildman–Crippen LogP) is 4.63. The lowest BCUT2D eigenvalue weighted by Crippen LogP contribution is -2.06. The lowest BCUT2D eigenvalue weighted by atomic mass is 10.1. The Labute approximate surface area is 159 Å². The van der Waals surface area contributed by atoms with E-state index in [1.807, 2.05) is 36.4 Å². The summed E-state index contributed by atoms with van der Waals surface area (Å²) in [6.45, 7) is 2.07. The highest BCUT2D eigenvalue weighted by atomic mass is 16.5. The van der Waals surface area contributed by atoms with E-state index in [-0.39, 0.29) is 0 Å². The van der Waals surface area contributed by atoms with E-state index in [2.05, 4.69) is 47.0 Å². The van der Waals surface area contributed by atoms with Gasteiger partial charge in [-0.05, 0) is 36.2 Å². The molecule has 4 rings (SSSR count). The number of fused-ring (bicyclic) bond motifs is 1. The van der Waals surface area contributed by atoms with Gasteiger partial charge >= 0.3 is 0 Å². The van der Waals surface area contributed by atoms with Crippen molar-refractivity contribution < 1.29 is 4.74 Å². The van der Waals surface area contributed by atoms with E-state index in [0.29, 0.717) is 13.2 Å². The van der Waals surface area contributed by atoms with Gasteiger partial charge in [-0.3, -0.25) is 0 Å². The van der Waals surface area contributed by atoms with Crippen LogP contribution in [0.5, 0.6) is 5.75 Å². The maximum Gasteiger partial charge on any atom is 0.141 e. The molecule has 136 valence electrons. The molecule has 27 heavy (non-hydrogen) atoms. The normalized spacial score (nSPS) is 11.0. The van der Waals surface area contributed by atoms with Crippen LogP contribution in [-0.4, -0.2) is 16.2 Å². The van der Waals surface area contributed by atoms with Gasteiger partial charge in [0.25, 0.3) is 0 Å². The zero-order chi connectivity index (χ0) is 18.5. The van der Waals surface area contributed by atoms with Crippen molar-refractivity contribution in [2.45, 2.75) is 19.5 Å². The number of aryl methyl sites for hydroxylation is 1. The molecular weight excluding hydrogens is 334 g/mol. The van der Waals surface area contributed by atoms with E-state index in [9.17, 15) is 0 Å². The van der Waals surface area contributed by atoms with Crippen molar-refractivity contribution in [3.8, 4) is 17.1 Å². The molecule has 0 aliphatic rings. The molecule has 0 amide bonds. The van der Waals surface area contributed by atoms with E-state index < -0.39 is 0 Å². The monoisotopic (exact) mass is 357 g/mol. The molecule has 0 bridgehead atoms. The van der Waals surface area contributed by atoms with Crippen LogP contribution in [0.25, 0.3) is 22.4 Å². The average Bonchev–Trinajstić information content (AvgIpc) is 3.11. The predicted molar refractivity (Wildman–Crippen MR) is 110 cm³/mol. The first kappa shape index (κ1) is 17.3. The summed E-state index contributed by atoms with van der Waals surface area (Å²) in [6.07, 6.45) is 0.906. The van der Waals surface area contributed by atoms with Gasteiger partial charge in [-0.1, -0.05) is 54.6 Å². The molecule has 3 aromatic carbocycles. The molecule has 0 saturated heterocycles. The second-order valence-electron chi connectivity index (χ2n) is 6.49. The van der Waals surface area contributed by atoms with E-state index in [1.165, 1.54) is 0 Å². The number of benzene rings is 3. The van der Waals surface area contributed by atoms with Crippen LogP contribution in [0.1, 0.15) is 12.0 Å². The van der Waals surface area contributed by atoms with Crippen LogP contribution >= 0.6 is 0 Å². The fourth-order valence-corrected chi connectivity index (χ4v) is 3.24. The molecule has 0 saturated carbocycles. The minimum Gasteiger partial charge on any atom is -0.494 e. The number of nitrogens with zero attached hydrogens (tertiary/aromatic N) is 2. The molecule has 0 atom stereocenters. The van der Waals surface area contributed by atoms with Crippen LogP contribution in [0, 0.1) is 0 Å². The topological polar surface area (TPSA) is 53.1 Å². The lowest BCUT2D eigenvalue weighted by molar-refractivity contribution is 0.303. The number of aromatic nitrogens is 2. The molecule has 0 fully saturated rings. The van der Waals surface area contributed by atoms with Gasteiger partial charge in [-0.15, -0.1) is 0 Å². The van der Waals surface area contributed by atoms with E-state index in [0.717, 1.165) is 46.7 Å². The maximum atomic E-state index is 5.84. The smallest absolute Gasteiger partial charge is 0.141 e. The molecule has 0 aliphatic heterocycles. The van der Waals surface area contributed by atoms with Gasteiger partial charge in [-0.2, -0.15) is 0 Å². The van der Waals surface area contributed by atoms with Crippen molar-refractivity contribution in [2.24, 2.45) is 5.73 Å². The summed E-state index contributed by atoms with van der Waals surface area (Å²) in [4.78, 5) is 4.87. The fourth-order valence-electron chi connectivity index (χ4n) is 3.24. The van der Waals surface area contributed by atoms with Crippen LogP contribution in [0.2, 0.25) is 0 Å². The lowest BCUT2D eigenvalue weighted by Gasteiger charge is -2.11. The van der Waals surface area contributed by atoms with E-state index >= 15 is 0 Å². The van der Waals surface area contributed by atoms with Crippen molar-refractivity contribution in [2.75, 3.05) is 6.61 Å². The van der Waals surface area contributed by atoms with E-state index in [1.54, 1.807) is 0 Å². The number of ether oxygens (including phenoxy) is 1. The molecule has 4 heteroatoms. The van der Waals surface area contributed by atoms with Crippen molar-refractivity contribution in [3.63, 3.8) is 0 Å². The summed E-state index contributed by atoms with van der Waals surface area (Å²) >= 11 is 0. The van der Waals surface area contributed by atoms with Gasteiger partial charge in [0.2, 0.25) is 0 Å². The molecule has 0 radical (unpaired) electrons. The number of hydrogen-bond acceptors (Lipinski definition) is 3. The summed E-state index contributed by atoms with van der Waals surface area (Å²) in [7, 11) is 0. The fraction of sp³-hybridized carbons (Fsp3) is 0.174. The van der Waals surface area contributed by atoms with Gasteiger partial charge in [0, 0.05) is 18.7 Å². The van der Waals surface area contributed by atoms with Crippen molar-refractivity contribution in [3.05, 3.63) is 84.4 Å². The Morgan fingerprint density at radius 2 is 1.59 bits per heavy atom. The van der Waals surface area contributed by atoms with Crippen LogP contribution in [0.3, 0.4) is 0 Å². The first-order valence-corrected chi connectivity index (χ1v) is 9.27. The molecule has 0 aliphatic carbocycles. The highest BCUT2D eigenvalue weighted by Gasteiger charge is 2.12. The first-order chi connectivity index (χ1) is 13.3. The van der Waals surface area contributed by atoms with Crippen molar-refractivity contribution >= 4 is 11.0 Å². The Balaban J connectivity index is 1.56. The number of imidazole rings is 1. The second-order valence-corrected chi connectivity index (χ2v) is 6.49. The van der Waals surface area contributed by atoms with Crippen LogP contribution in [-0.2, 0) is 13.1 Å². The number of nitrogens with two attached hydrogens (primary N) is 1. The Hall–Kier alpha value is -3.11. The molecule has 1 heterocycles. The number of para-hydroxylation sites is 3. The van der Waals surface area contributed by atoms with Crippen LogP contribution < -0.4 is 10.5 Å². The first-order valence-electron chi connectivity index (χ1n) is 9.27. The highest BCUT2D eigenvalue weighted by Crippen LogP contribution is 2.25. The summed E-state index contributed by atoms with van der Waals surface area (Å²) in [6, 6.07) is 26.5. The third-order valence-corrected chi connectivity index (χ3v) is 4.64. The molecular formula is C23H23N3O. The quantitative estimate of drug-likeness (QED) is 0.491. The number of rotatable bonds is 7. The molecule has 4 nitrogen and oxygen atoms in total. The Kier molecular flexibility index (Phi) is 5.17. The van der Waals surface area contributed by atoms with Gasteiger partial charge in [0.15, 0.2) is 0 Å². The van der Waals surface area contributed by atoms with Gasteiger partial charge in [0.05, 0.1) is 17.6 Å². The molecule has 4 aromatic rings. The zero-order valence-corrected chi connectivity index (χ0v) is 15.2. The van der Waals surface area contributed by atoms with Gasteiger partial charge in [0.1, 0.15) is 11.6 Å². The molecule has 1 aromatic heterocycles. The third kappa shape index (κ3) is 3.86. The van der Waals surface area contributed by atoms with Crippen molar-refractivity contribution in [1.82, 2.24) is 9.55 Å². The Bertz CT molecular complexity index is 1010. The zero-order valence-electron chi connectivity index (χ0n) is 15.2. The van der Waals surface area contributed by atoms with Gasteiger partial charge < -0.3 is 15.0 Å². The highest BCUT2D eigenvalue weighted by molar-refractivity contribution is 5.80. The number of hydrogen-bond donors (Lipinski definition) is 1. The van der Waals surface area contributed by atoms with Crippen LogP contribution in [0.15, 0.2) is 78.9 Å². The largest absolute Gasteiger partial charge is 0.494 e. The van der Waals surface area contributed by atoms with E-state index in [4.69, 9.17) is 15.5 Å². The molecule has 2 N–H and O–H groups in total. The van der Waals surface area contributed by atoms with Crippen LogP contribution in [0.4, 0.5) is 0 Å². The summed E-state index contributed by atoms with van der Waals surface area (Å²) in [5, 5.41) is 0. The standard InChI is InChI=1S/C23H23N3O/c24-17-18-11-13-19(14-12-18)23-25-21-9-4-5-10-22(21)26(23)15-6-16-27-20-7-2-1-3-8-20/h1-5,7-14H,6,15-17,24H2. The minimum absolute atomic E-state index is 0.549. The second kappa shape index (κ2) is 8.06. The SMILES string of the molecule is NCc1ccc(-c2nc3ccccc3n2CCCOc2ccccc2)cc1. The van der Waals surface area contributed by atoms with Crippen molar-refractivity contribution in [1.29, 1.82) is 0 Å². The minimum atomic E-state index is 0.549. The molecule has 0 unspecified atom stereocenters. The summed E-state index contributed by atoms with van der Waals surface area (Å²) in [5.74, 6) is 1.89. The third-order valence-electron chi connectivity index (χ3n) is 4.64. The molecule has 0 spiro atoms. The summed E-state index contributed by atoms with van der Waals surface area (Å²) < 4.78 is 8.12. The maximum absolute atomic E-state index is 5.84. The Morgan fingerprint density at radius 3 is 2.37 bits per heavy atom. The summed E-state index contributed by atoms with van der Waals surface area (Å²) in [5.41, 5.74) is 10.1. The Morgan fingerprint density at radius 1 is 0.852 bits per heavy atom. The van der Waals surface area contributed by atoms with Gasteiger partial charge in [-0.25, -0.2) is 4.98 Å². The average molecular weight is 357 g/mol.